The number of benzene rings is 2. The van der Waals surface area contributed by atoms with Crippen LogP contribution in [0.1, 0.15) is 31.8 Å². The van der Waals surface area contributed by atoms with Crippen molar-refractivity contribution < 1.29 is 19.2 Å². The Bertz CT molecular complexity index is 1030. The van der Waals surface area contributed by atoms with E-state index < -0.39 is 5.91 Å². The molecule has 2 amide bonds. The van der Waals surface area contributed by atoms with Gasteiger partial charge in [0.1, 0.15) is 0 Å². The first-order valence-electron chi connectivity index (χ1n) is 7.81. The number of hydrogen-bond acceptors (Lipinski definition) is 5. The molecule has 0 aromatic heterocycles. The van der Waals surface area contributed by atoms with Gasteiger partial charge in [0.15, 0.2) is 11.6 Å². The van der Waals surface area contributed by atoms with Crippen LogP contribution in [0.5, 0.6) is 0 Å². The van der Waals surface area contributed by atoms with Gasteiger partial charge in [-0.1, -0.05) is 36.0 Å². The summed E-state index contributed by atoms with van der Waals surface area (Å²) in [6, 6.07) is 11.3. The molecule has 2 aliphatic rings. The summed E-state index contributed by atoms with van der Waals surface area (Å²) in [4.78, 5) is 48.5. The van der Waals surface area contributed by atoms with E-state index >= 15 is 0 Å². The second-order valence-electron chi connectivity index (χ2n) is 5.80. The van der Waals surface area contributed by atoms with Crippen LogP contribution < -0.4 is 10.6 Å². The lowest BCUT2D eigenvalue weighted by Crippen LogP contribution is -2.21. The summed E-state index contributed by atoms with van der Waals surface area (Å²) in [5, 5.41) is 5.70. The molecule has 4 rings (SSSR count). The van der Waals surface area contributed by atoms with Crippen LogP contribution >= 0.6 is 11.8 Å². The summed E-state index contributed by atoms with van der Waals surface area (Å²) < 4.78 is 0. The van der Waals surface area contributed by atoms with Gasteiger partial charge in [-0.15, -0.1) is 0 Å². The number of amides is 2. The van der Waals surface area contributed by atoms with Crippen LogP contribution in [0, 0.1) is 0 Å². The molecule has 6 nitrogen and oxygen atoms in total. The third-order valence-corrected chi connectivity index (χ3v) is 5.01. The standard InChI is InChI=1S/C19H12N2O4S/c22-15(8-17-21-16(23)9-26-17)20-10-5-6-13-14(7-10)19(25)12-4-2-1-3-11(12)18(13)24/h1-8H,9H2,(H,20,22)(H,21,23)/b17-8+. The number of fused-ring (bicyclic) bond motifs is 2. The second-order valence-corrected chi connectivity index (χ2v) is 6.82. The highest BCUT2D eigenvalue weighted by atomic mass is 32.2. The van der Waals surface area contributed by atoms with E-state index in [4.69, 9.17) is 0 Å². The molecule has 0 spiro atoms. The smallest absolute Gasteiger partial charge is 0.250 e. The predicted molar refractivity (Wildman–Crippen MR) is 97.1 cm³/mol. The van der Waals surface area contributed by atoms with E-state index in [0.29, 0.717) is 27.4 Å². The van der Waals surface area contributed by atoms with Crippen molar-refractivity contribution in [1.82, 2.24) is 5.32 Å². The fraction of sp³-hybridized carbons (Fsp3) is 0.0526. The van der Waals surface area contributed by atoms with Crippen LogP contribution in [0.25, 0.3) is 0 Å². The van der Waals surface area contributed by atoms with Gasteiger partial charge in [0.2, 0.25) is 5.91 Å². The van der Waals surface area contributed by atoms with Crippen LogP contribution in [-0.4, -0.2) is 29.1 Å². The van der Waals surface area contributed by atoms with Crippen molar-refractivity contribution in [2.75, 3.05) is 11.1 Å². The Morgan fingerprint density at radius 2 is 1.62 bits per heavy atom. The molecule has 2 aromatic rings. The molecule has 7 heteroatoms. The summed E-state index contributed by atoms with van der Waals surface area (Å²) in [7, 11) is 0. The van der Waals surface area contributed by atoms with Gasteiger partial charge in [0.25, 0.3) is 5.91 Å². The van der Waals surface area contributed by atoms with Gasteiger partial charge in [-0.2, -0.15) is 0 Å². The Hall–Kier alpha value is -3.19. The minimum absolute atomic E-state index is 0.148. The highest BCUT2D eigenvalue weighted by Gasteiger charge is 2.29. The molecule has 1 heterocycles. The largest absolute Gasteiger partial charge is 0.322 e. The van der Waals surface area contributed by atoms with Crippen molar-refractivity contribution in [3.63, 3.8) is 0 Å². The van der Waals surface area contributed by atoms with Gasteiger partial charge in [0, 0.05) is 34.0 Å². The zero-order chi connectivity index (χ0) is 18.3. The number of hydrogen-bond donors (Lipinski definition) is 2. The van der Waals surface area contributed by atoms with E-state index in [1.54, 1.807) is 36.4 Å². The molecule has 0 radical (unpaired) electrons. The van der Waals surface area contributed by atoms with E-state index in [1.807, 2.05) is 0 Å². The lowest BCUT2D eigenvalue weighted by molar-refractivity contribution is -0.117. The normalized spacial score (nSPS) is 16.9. The van der Waals surface area contributed by atoms with Gasteiger partial charge < -0.3 is 10.6 Å². The highest BCUT2D eigenvalue weighted by Crippen LogP contribution is 2.29. The van der Waals surface area contributed by atoms with Crippen molar-refractivity contribution in [2.45, 2.75) is 0 Å². The third kappa shape index (κ3) is 2.82. The molecule has 1 aliphatic carbocycles. The molecule has 2 N–H and O–H groups in total. The number of carbonyl (C=O) groups excluding carboxylic acids is 4. The van der Waals surface area contributed by atoms with Crippen LogP contribution in [0.15, 0.2) is 53.6 Å². The molecule has 1 fully saturated rings. The molecular formula is C19H12N2O4S. The highest BCUT2D eigenvalue weighted by molar-refractivity contribution is 8.04. The minimum atomic E-state index is -0.426. The Kier molecular flexibility index (Phi) is 3.93. The van der Waals surface area contributed by atoms with Crippen LogP contribution in [0.4, 0.5) is 5.69 Å². The molecular weight excluding hydrogens is 352 g/mol. The number of rotatable bonds is 2. The zero-order valence-corrected chi connectivity index (χ0v) is 14.2. The van der Waals surface area contributed by atoms with Gasteiger partial charge in [0.05, 0.1) is 10.8 Å². The van der Waals surface area contributed by atoms with E-state index in [-0.39, 0.29) is 28.8 Å². The molecule has 0 saturated carbocycles. The number of ketones is 2. The van der Waals surface area contributed by atoms with E-state index in [1.165, 1.54) is 23.9 Å². The van der Waals surface area contributed by atoms with E-state index in [0.717, 1.165) is 0 Å². The summed E-state index contributed by atoms with van der Waals surface area (Å²) in [6.07, 6.45) is 1.29. The average Bonchev–Trinajstić information content (AvgIpc) is 3.04. The maximum absolute atomic E-state index is 12.7. The molecule has 1 saturated heterocycles. The van der Waals surface area contributed by atoms with Crippen LogP contribution in [0.3, 0.4) is 0 Å². The van der Waals surface area contributed by atoms with Gasteiger partial charge >= 0.3 is 0 Å². The van der Waals surface area contributed by atoms with Gasteiger partial charge in [-0.05, 0) is 18.2 Å². The Labute approximate surface area is 152 Å². The summed E-state index contributed by atoms with van der Waals surface area (Å²) in [5.74, 6) is -0.743. The summed E-state index contributed by atoms with van der Waals surface area (Å²) in [6.45, 7) is 0. The van der Waals surface area contributed by atoms with Crippen molar-refractivity contribution in [1.29, 1.82) is 0 Å². The maximum Gasteiger partial charge on any atom is 0.250 e. The van der Waals surface area contributed by atoms with E-state index in [2.05, 4.69) is 10.6 Å². The van der Waals surface area contributed by atoms with Crippen LogP contribution in [-0.2, 0) is 9.59 Å². The molecule has 26 heavy (non-hydrogen) atoms. The number of carbonyl (C=O) groups is 4. The van der Waals surface area contributed by atoms with Gasteiger partial charge in [-0.3, -0.25) is 19.2 Å². The third-order valence-electron chi connectivity index (χ3n) is 4.08. The number of nitrogens with one attached hydrogen (secondary N) is 2. The topological polar surface area (TPSA) is 92.3 Å². The fourth-order valence-corrected chi connectivity index (χ4v) is 3.64. The van der Waals surface area contributed by atoms with E-state index in [9.17, 15) is 19.2 Å². The van der Waals surface area contributed by atoms with Crippen molar-refractivity contribution in [3.05, 3.63) is 75.8 Å². The van der Waals surface area contributed by atoms with Gasteiger partial charge in [-0.25, -0.2) is 0 Å². The lowest BCUT2D eigenvalue weighted by atomic mass is 9.84. The first-order valence-corrected chi connectivity index (χ1v) is 8.79. The average molecular weight is 364 g/mol. The zero-order valence-electron chi connectivity index (χ0n) is 13.4. The fourth-order valence-electron chi connectivity index (χ4n) is 2.91. The van der Waals surface area contributed by atoms with Crippen LogP contribution in [0.2, 0.25) is 0 Å². The predicted octanol–water partition coefficient (Wildman–Crippen LogP) is 2.10. The Morgan fingerprint density at radius 1 is 0.962 bits per heavy atom. The summed E-state index contributed by atoms with van der Waals surface area (Å²) >= 11 is 1.25. The van der Waals surface area contributed by atoms with Crippen molar-refractivity contribution >= 4 is 40.8 Å². The number of anilines is 1. The molecule has 0 unspecified atom stereocenters. The Morgan fingerprint density at radius 3 is 2.27 bits per heavy atom. The molecule has 1 aliphatic heterocycles. The summed E-state index contributed by atoms with van der Waals surface area (Å²) in [5.41, 5.74) is 1.74. The quantitative estimate of drug-likeness (QED) is 0.680. The second kappa shape index (κ2) is 6.27. The first kappa shape index (κ1) is 16.3. The minimum Gasteiger partial charge on any atom is -0.322 e. The maximum atomic E-state index is 12.7. The molecule has 128 valence electrons. The van der Waals surface area contributed by atoms with Crippen molar-refractivity contribution in [2.24, 2.45) is 0 Å². The number of thioether (sulfide) groups is 1. The first-order chi connectivity index (χ1) is 12.5. The molecule has 0 atom stereocenters. The van der Waals surface area contributed by atoms with Crippen molar-refractivity contribution in [3.8, 4) is 0 Å². The SMILES string of the molecule is O=C(/C=C1\NC(=O)CS1)Nc1ccc2c(c1)C(=O)c1ccccc1C2=O. The Balaban J connectivity index is 1.61. The lowest BCUT2D eigenvalue weighted by Gasteiger charge is -2.18. The molecule has 0 bridgehead atoms. The molecule has 2 aromatic carbocycles. The monoisotopic (exact) mass is 364 g/mol.